The average Bonchev–Trinajstić information content (AvgIpc) is 2.97. The van der Waals surface area contributed by atoms with E-state index in [0.29, 0.717) is 0 Å². The molecular formula is C27H25N. The minimum absolute atomic E-state index is 0.0362. The number of rotatable bonds is 3. The van der Waals surface area contributed by atoms with Crippen LogP contribution < -0.4 is 5.32 Å². The molecule has 28 heavy (non-hydrogen) atoms. The Morgan fingerprint density at radius 2 is 1.54 bits per heavy atom. The first-order valence-electron chi connectivity index (χ1n) is 10.1. The Kier molecular flexibility index (Phi) is 3.98. The summed E-state index contributed by atoms with van der Waals surface area (Å²) < 4.78 is 0. The molecular weight excluding hydrogens is 338 g/mol. The first-order chi connectivity index (χ1) is 13.6. The second-order valence-electron chi connectivity index (χ2n) is 8.29. The van der Waals surface area contributed by atoms with E-state index in [1.807, 2.05) is 0 Å². The van der Waals surface area contributed by atoms with E-state index >= 15 is 0 Å². The van der Waals surface area contributed by atoms with Crippen LogP contribution in [0.15, 0.2) is 85.0 Å². The summed E-state index contributed by atoms with van der Waals surface area (Å²) in [5.41, 5.74) is 10.6. The van der Waals surface area contributed by atoms with Crippen molar-refractivity contribution in [3.05, 3.63) is 102 Å². The molecule has 138 valence electrons. The van der Waals surface area contributed by atoms with Crippen LogP contribution in [0.5, 0.6) is 0 Å². The van der Waals surface area contributed by atoms with Gasteiger partial charge in [-0.15, -0.1) is 0 Å². The van der Waals surface area contributed by atoms with E-state index in [2.05, 4.69) is 104 Å². The molecule has 0 bridgehead atoms. The average molecular weight is 364 g/mol. The van der Waals surface area contributed by atoms with Crippen LogP contribution in [0.2, 0.25) is 0 Å². The van der Waals surface area contributed by atoms with E-state index in [9.17, 15) is 0 Å². The van der Waals surface area contributed by atoms with Crippen LogP contribution in [0.4, 0.5) is 11.4 Å². The largest absolute Gasteiger partial charge is 0.356 e. The normalized spacial score (nSPS) is 16.3. The zero-order chi connectivity index (χ0) is 19.1. The summed E-state index contributed by atoms with van der Waals surface area (Å²) >= 11 is 0. The van der Waals surface area contributed by atoms with Gasteiger partial charge in [-0.05, 0) is 70.5 Å². The molecule has 0 radical (unpaired) electrons. The molecule has 0 saturated heterocycles. The van der Waals surface area contributed by atoms with Crippen molar-refractivity contribution in [2.45, 2.75) is 32.1 Å². The van der Waals surface area contributed by atoms with Gasteiger partial charge in [0.25, 0.3) is 0 Å². The fourth-order valence-corrected chi connectivity index (χ4v) is 4.56. The summed E-state index contributed by atoms with van der Waals surface area (Å²) in [6, 6.07) is 24.4. The van der Waals surface area contributed by atoms with Crippen molar-refractivity contribution in [2.75, 3.05) is 5.32 Å². The zero-order valence-electron chi connectivity index (χ0n) is 16.5. The maximum atomic E-state index is 3.59. The molecule has 3 aromatic carbocycles. The lowest BCUT2D eigenvalue weighted by molar-refractivity contribution is 0.660. The highest BCUT2D eigenvalue weighted by atomic mass is 14.9. The van der Waals surface area contributed by atoms with Crippen molar-refractivity contribution >= 4 is 16.9 Å². The molecule has 0 unspecified atom stereocenters. The molecule has 1 heteroatoms. The van der Waals surface area contributed by atoms with E-state index in [4.69, 9.17) is 0 Å². The Labute approximate surface area is 167 Å². The lowest BCUT2D eigenvalue weighted by Crippen LogP contribution is -2.15. The first-order valence-corrected chi connectivity index (χ1v) is 10.1. The third kappa shape index (κ3) is 2.79. The van der Waals surface area contributed by atoms with E-state index in [-0.39, 0.29) is 5.41 Å². The molecule has 2 aliphatic carbocycles. The molecule has 0 fully saturated rings. The van der Waals surface area contributed by atoms with Gasteiger partial charge in [0.2, 0.25) is 0 Å². The maximum absolute atomic E-state index is 3.59. The predicted molar refractivity (Wildman–Crippen MR) is 120 cm³/mol. The molecule has 0 aliphatic heterocycles. The lowest BCUT2D eigenvalue weighted by atomic mass is 9.82. The molecule has 1 nitrogen and oxygen atoms in total. The van der Waals surface area contributed by atoms with Crippen LogP contribution in [0.1, 0.15) is 43.4 Å². The number of fused-ring (bicyclic) bond motifs is 3. The number of anilines is 2. The highest BCUT2D eigenvalue weighted by molar-refractivity contribution is 5.83. The number of nitrogens with one attached hydrogen (secondary N) is 1. The van der Waals surface area contributed by atoms with E-state index < -0.39 is 0 Å². The summed E-state index contributed by atoms with van der Waals surface area (Å²) in [5.74, 6) is 0. The molecule has 0 aromatic heterocycles. The van der Waals surface area contributed by atoms with Gasteiger partial charge in [0, 0.05) is 16.8 Å². The summed E-state index contributed by atoms with van der Waals surface area (Å²) in [6.45, 7) is 4.64. The van der Waals surface area contributed by atoms with Crippen molar-refractivity contribution in [1.82, 2.24) is 0 Å². The lowest BCUT2D eigenvalue weighted by Gasteiger charge is -2.22. The van der Waals surface area contributed by atoms with Gasteiger partial charge in [0.15, 0.2) is 0 Å². The van der Waals surface area contributed by atoms with Crippen LogP contribution in [0.3, 0.4) is 0 Å². The Balaban J connectivity index is 1.43. The summed E-state index contributed by atoms with van der Waals surface area (Å²) in [5, 5.41) is 3.59. The molecule has 0 heterocycles. The van der Waals surface area contributed by atoms with Crippen molar-refractivity contribution in [3.8, 4) is 11.1 Å². The molecule has 2 aliphatic rings. The monoisotopic (exact) mass is 363 g/mol. The van der Waals surface area contributed by atoms with E-state index in [0.717, 1.165) is 24.2 Å². The molecule has 1 N–H and O–H groups in total. The van der Waals surface area contributed by atoms with E-state index in [1.54, 1.807) is 0 Å². The van der Waals surface area contributed by atoms with Gasteiger partial charge in [0.1, 0.15) is 0 Å². The molecule has 0 amide bonds. The number of hydrogen-bond acceptors (Lipinski definition) is 1. The Hall–Kier alpha value is -3.06. The maximum Gasteiger partial charge on any atom is 0.0387 e. The van der Waals surface area contributed by atoms with Gasteiger partial charge < -0.3 is 5.32 Å². The molecule has 5 rings (SSSR count). The fraction of sp³-hybridized carbons (Fsp3) is 0.185. The van der Waals surface area contributed by atoms with Gasteiger partial charge in [-0.25, -0.2) is 0 Å². The van der Waals surface area contributed by atoms with Crippen LogP contribution in [0.25, 0.3) is 16.7 Å². The Bertz CT molecular complexity index is 1100. The van der Waals surface area contributed by atoms with Crippen molar-refractivity contribution < 1.29 is 0 Å². The van der Waals surface area contributed by atoms with Crippen LogP contribution in [0, 0.1) is 0 Å². The van der Waals surface area contributed by atoms with Crippen LogP contribution >= 0.6 is 0 Å². The Morgan fingerprint density at radius 1 is 0.786 bits per heavy atom. The smallest absolute Gasteiger partial charge is 0.0387 e. The number of hydrogen-bond donors (Lipinski definition) is 1. The van der Waals surface area contributed by atoms with Gasteiger partial charge >= 0.3 is 0 Å². The van der Waals surface area contributed by atoms with Crippen molar-refractivity contribution in [2.24, 2.45) is 0 Å². The van der Waals surface area contributed by atoms with Gasteiger partial charge in [-0.1, -0.05) is 74.5 Å². The molecule has 3 aromatic rings. The molecule has 0 saturated carbocycles. The van der Waals surface area contributed by atoms with Crippen molar-refractivity contribution in [1.29, 1.82) is 0 Å². The number of benzene rings is 3. The summed E-state index contributed by atoms with van der Waals surface area (Å²) in [6.07, 6.45) is 8.89. The second kappa shape index (κ2) is 6.53. The predicted octanol–water partition coefficient (Wildman–Crippen LogP) is 7.47. The third-order valence-corrected chi connectivity index (χ3v) is 6.14. The quantitative estimate of drug-likeness (QED) is 0.509. The number of allylic oxidation sites excluding steroid dienone is 4. The first kappa shape index (κ1) is 17.1. The molecule has 0 atom stereocenters. The van der Waals surface area contributed by atoms with Gasteiger partial charge in [-0.2, -0.15) is 0 Å². The standard InChI is InChI=1S/C27H25N/c1-27(2)25-11-7-6-10-23(25)24-17-16-22(18-26(24)27)28-21-14-12-20(13-15-21)19-8-4-3-5-9-19/h3-4,6-8,10-18,28H,5,9H2,1-2H3. The van der Waals surface area contributed by atoms with Crippen molar-refractivity contribution in [3.63, 3.8) is 0 Å². The SMILES string of the molecule is CC1(C)c2ccccc2-c2ccc(Nc3ccc(C4=CC=CCC4)cc3)cc21. The molecule has 0 spiro atoms. The fourth-order valence-electron chi connectivity index (χ4n) is 4.56. The highest BCUT2D eigenvalue weighted by Gasteiger charge is 2.35. The van der Waals surface area contributed by atoms with Gasteiger partial charge in [0.05, 0.1) is 0 Å². The summed E-state index contributed by atoms with van der Waals surface area (Å²) in [4.78, 5) is 0. The second-order valence-corrected chi connectivity index (χ2v) is 8.29. The highest BCUT2D eigenvalue weighted by Crippen LogP contribution is 2.49. The zero-order valence-corrected chi connectivity index (χ0v) is 16.5. The van der Waals surface area contributed by atoms with E-state index in [1.165, 1.54) is 33.4 Å². The van der Waals surface area contributed by atoms with Gasteiger partial charge in [-0.3, -0.25) is 0 Å². The summed E-state index contributed by atoms with van der Waals surface area (Å²) in [7, 11) is 0. The minimum Gasteiger partial charge on any atom is -0.356 e. The minimum atomic E-state index is 0.0362. The van der Waals surface area contributed by atoms with Crippen LogP contribution in [-0.2, 0) is 5.41 Å². The Morgan fingerprint density at radius 3 is 2.32 bits per heavy atom. The van der Waals surface area contributed by atoms with Crippen LogP contribution in [-0.4, -0.2) is 0 Å². The third-order valence-electron chi connectivity index (χ3n) is 6.14. The topological polar surface area (TPSA) is 12.0 Å².